The summed E-state index contributed by atoms with van der Waals surface area (Å²) in [5.41, 5.74) is 1.17. The van der Waals surface area contributed by atoms with Gasteiger partial charge in [0.15, 0.2) is 6.61 Å². The van der Waals surface area contributed by atoms with E-state index in [0.29, 0.717) is 6.54 Å². The number of amides is 2. The summed E-state index contributed by atoms with van der Waals surface area (Å²) in [7, 11) is 0. The SMILES string of the molecule is CC(=O)N1C[C@@H]2C[C@@]3(C)[C@H](CCCC[C@@H]13)N2C(=O)COc1ccc(C)cc1. The molecule has 1 saturated carbocycles. The maximum Gasteiger partial charge on any atom is 0.261 e. The molecule has 1 aliphatic carbocycles. The molecule has 0 aromatic heterocycles. The molecule has 3 fully saturated rings. The number of likely N-dealkylation sites (tertiary alicyclic amines) is 2. The highest BCUT2D eigenvalue weighted by Gasteiger charge is 2.60. The highest BCUT2D eigenvalue weighted by molar-refractivity contribution is 5.80. The Labute approximate surface area is 161 Å². The Morgan fingerprint density at radius 2 is 1.81 bits per heavy atom. The molecule has 2 bridgehead atoms. The van der Waals surface area contributed by atoms with Gasteiger partial charge in [0.05, 0.1) is 6.04 Å². The number of hydrogen-bond donors (Lipinski definition) is 0. The van der Waals surface area contributed by atoms with Gasteiger partial charge >= 0.3 is 0 Å². The number of nitrogens with zero attached hydrogens (tertiary/aromatic N) is 2. The van der Waals surface area contributed by atoms with Crippen molar-refractivity contribution in [2.24, 2.45) is 5.41 Å². The fourth-order valence-corrected chi connectivity index (χ4v) is 5.74. The van der Waals surface area contributed by atoms with Crippen LogP contribution in [0.5, 0.6) is 5.75 Å². The number of fused-ring (bicyclic) bond motifs is 1. The Balaban J connectivity index is 1.54. The second kappa shape index (κ2) is 6.84. The second-order valence-corrected chi connectivity index (χ2v) is 8.75. The predicted octanol–water partition coefficient (Wildman–Crippen LogP) is 3.15. The molecule has 27 heavy (non-hydrogen) atoms. The van der Waals surface area contributed by atoms with Crippen molar-refractivity contribution in [3.05, 3.63) is 29.8 Å². The lowest BCUT2D eigenvalue weighted by Crippen LogP contribution is -2.55. The van der Waals surface area contributed by atoms with E-state index in [9.17, 15) is 9.59 Å². The molecule has 4 atom stereocenters. The number of piperidine rings is 1. The number of aryl methyl sites for hydroxylation is 1. The summed E-state index contributed by atoms with van der Waals surface area (Å²) in [4.78, 5) is 29.6. The number of hydrogen-bond acceptors (Lipinski definition) is 3. The van der Waals surface area contributed by atoms with E-state index in [1.165, 1.54) is 5.56 Å². The molecule has 2 aliphatic heterocycles. The van der Waals surface area contributed by atoms with Crippen molar-refractivity contribution in [2.75, 3.05) is 13.2 Å². The van der Waals surface area contributed by atoms with Crippen LogP contribution in [-0.2, 0) is 9.59 Å². The van der Waals surface area contributed by atoms with E-state index in [0.717, 1.165) is 37.9 Å². The number of rotatable bonds is 3. The van der Waals surface area contributed by atoms with Crippen LogP contribution in [0.3, 0.4) is 0 Å². The van der Waals surface area contributed by atoms with Gasteiger partial charge in [0.1, 0.15) is 5.75 Å². The van der Waals surface area contributed by atoms with Crippen molar-refractivity contribution in [1.29, 1.82) is 0 Å². The van der Waals surface area contributed by atoms with Crippen LogP contribution in [-0.4, -0.2) is 52.9 Å². The van der Waals surface area contributed by atoms with Gasteiger partial charge in [-0.3, -0.25) is 9.59 Å². The molecule has 2 amide bonds. The Morgan fingerprint density at radius 3 is 2.48 bits per heavy atom. The molecule has 2 heterocycles. The maximum atomic E-state index is 13.2. The number of carbonyl (C=O) groups excluding carboxylic acids is 2. The predicted molar refractivity (Wildman–Crippen MR) is 103 cm³/mol. The van der Waals surface area contributed by atoms with E-state index < -0.39 is 0 Å². The smallest absolute Gasteiger partial charge is 0.261 e. The summed E-state index contributed by atoms with van der Waals surface area (Å²) in [5.74, 6) is 0.925. The fourth-order valence-electron chi connectivity index (χ4n) is 5.74. The minimum atomic E-state index is 0.00457. The van der Waals surface area contributed by atoms with Gasteiger partial charge in [0.2, 0.25) is 5.91 Å². The van der Waals surface area contributed by atoms with Crippen LogP contribution in [0.2, 0.25) is 0 Å². The summed E-state index contributed by atoms with van der Waals surface area (Å²) >= 11 is 0. The van der Waals surface area contributed by atoms with Gasteiger partial charge < -0.3 is 14.5 Å². The number of ether oxygens (including phenoxy) is 1. The van der Waals surface area contributed by atoms with Gasteiger partial charge in [-0.05, 0) is 38.3 Å². The van der Waals surface area contributed by atoms with E-state index in [1.54, 1.807) is 6.92 Å². The van der Waals surface area contributed by atoms with Crippen LogP contribution in [0.1, 0.15) is 51.5 Å². The molecule has 5 heteroatoms. The van der Waals surface area contributed by atoms with Crippen LogP contribution in [0, 0.1) is 12.3 Å². The first-order valence-corrected chi connectivity index (χ1v) is 10.2. The van der Waals surface area contributed by atoms with E-state index in [4.69, 9.17) is 4.74 Å². The van der Waals surface area contributed by atoms with Gasteiger partial charge in [-0.1, -0.05) is 37.5 Å². The first-order chi connectivity index (χ1) is 12.9. The zero-order chi connectivity index (χ0) is 19.2. The first-order valence-electron chi connectivity index (χ1n) is 10.2. The standard InChI is InChI=1S/C22H30N2O3/c1-15-8-10-18(11-9-15)27-14-21(26)24-17-12-22(3)19(23(13-17)16(2)25)6-4-5-7-20(22)24/h8-11,17,19-20H,4-7,12-14H2,1-3H3/t17-,19+,20-,22+/m0/s1. The summed E-state index contributed by atoms with van der Waals surface area (Å²) in [6.45, 7) is 6.73. The average Bonchev–Trinajstić information content (AvgIpc) is 2.75. The minimum Gasteiger partial charge on any atom is -0.484 e. The minimum absolute atomic E-state index is 0.00457. The zero-order valence-electron chi connectivity index (χ0n) is 16.6. The van der Waals surface area contributed by atoms with E-state index >= 15 is 0 Å². The molecule has 1 aromatic rings. The van der Waals surface area contributed by atoms with E-state index in [1.807, 2.05) is 36.1 Å². The van der Waals surface area contributed by atoms with Crippen molar-refractivity contribution in [3.63, 3.8) is 0 Å². The summed E-state index contributed by atoms with van der Waals surface area (Å²) in [6.07, 6.45) is 5.35. The molecule has 0 unspecified atom stereocenters. The average molecular weight is 370 g/mol. The van der Waals surface area contributed by atoms with Gasteiger partial charge in [-0.2, -0.15) is 0 Å². The topological polar surface area (TPSA) is 49.9 Å². The number of carbonyl (C=O) groups is 2. The fraction of sp³-hybridized carbons (Fsp3) is 0.636. The highest BCUT2D eigenvalue weighted by atomic mass is 16.5. The van der Waals surface area contributed by atoms with Crippen molar-refractivity contribution in [1.82, 2.24) is 9.80 Å². The lowest BCUT2D eigenvalue weighted by atomic mass is 9.71. The Bertz CT molecular complexity index is 732. The van der Waals surface area contributed by atoms with Crippen molar-refractivity contribution >= 4 is 11.8 Å². The maximum absolute atomic E-state index is 13.2. The Hall–Kier alpha value is -2.04. The Kier molecular flexibility index (Phi) is 4.65. The monoisotopic (exact) mass is 370 g/mol. The van der Waals surface area contributed by atoms with E-state index in [2.05, 4.69) is 11.8 Å². The highest BCUT2D eigenvalue weighted by Crippen LogP contribution is 2.53. The lowest BCUT2D eigenvalue weighted by Gasteiger charge is -2.46. The van der Waals surface area contributed by atoms with Crippen LogP contribution in [0.15, 0.2) is 24.3 Å². The second-order valence-electron chi connectivity index (χ2n) is 8.75. The van der Waals surface area contributed by atoms with Gasteiger partial charge in [-0.15, -0.1) is 0 Å². The third-order valence-corrected chi connectivity index (χ3v) is 6.99. The molecule has 0 N–H and O–H groups in total. The molecule has 2 saturated heterocycles. The van der Waals surface area contributed by atoms with E-state index in [-0.39, 0.29) is 42.0 Å². The van der Waals surface area contributed by atoms with Gasteiger partial charge in [-0.25, -0.2) is 0 Å². The molecule has 1 aromatic carbocycles. The number of benzene rings is 1. The molecular formula is C22H30N2O3. The van der Waals surface area contributed by atoms with Crippen LogP contribution in [0.25, 0.3) is 0 Å². The summed E-state index contributed by atoms with van der Waals surface area (Å²) in [5, 5.41) is 0. The summed E-state index contributed by atoms with van der Waals surface area (Å²) < 4.78 is 5.79. The van der Waals surface area contributed by atoms with Gasteiger partial charge in [0.25, 0.3) is 5.91 Å². The lowest BCUT2D eigenvalue weighted by molar-refractivity contribution is -0.139. The molecule has 4 rings (SSSR count). The third-order valence-electron chi connectivity index (χ3n) is 6.99. The largest absolute Gasteiger partial charge is 0.484 e. The Morgan fingerprint density at radius 1 is 1.15 bits per heavy atom. The molecule has 3 aliphatic rings. The van der Waals surface area contributed by atoms with Crippen molar-refractivity contribution < 1.29 is 14.3 Å². The molecule has 146 valence electrons. The van der Waals surface area contributed by atoms with Gasteiger partial charge in [0, 0.05) is 31.0 Å². The van der Waals surface area contributed by atoms with Crippen molar-refractivity contribution in [2.45, 2.75) is 71.0 Å². The van der Waals surface area contributed by atoms with Crippen molar-refractivity contribution in [3.8, 4) is 5.75 Å². The first kappa shape index (κ1) is 18.3. The zero-order valence-corrected chi connectivity index (χ0v) is 16.6. The molecule has 5 nitrogen and oxygen atoms in total. The van der Waals surface area contributed by atoms with Crippen LogP contribution >= 0.6 is 0 Å². The third kappa shape index (κ3) is 3.11. The van der Waals surface area contributed by atoms with Crippen LogP contribution < -0.4 is 4.74 Å². The van der Waals surface area contributed by atoms with Crippen LogP contribution in [0.4, 0.5) is 0 Å². The normalized spacial score (nSPS) is 32.2. The molecule has 0 radical (unpaired) electrons. The summed E-state index contributed by atoms with van der Waals surface area (Å²) in [6, 6.07) is 8.39. The molecule has 0 spiro atoms. The quantitative estimate of drug-likeness (QED) is 0.821. The molecular weight excluding hydrogens is 340 g/mol.